The van der Waals surface area contributed by atoms with E-state index in [1.165, 1.54) is 0 Å². The first-order valence-corrected chi connectivity index (χ1v) is 6.18. The molecule has 1 aliphatic heterocycles. The van der Waals surface area contributed by atoms with E-state index in [1.54, 1.807) is 6.20 Å². The molecule has 0 radical (unpaired) electrons. The highest BCUT2D eigenvalue weighted by Crippen LogP contribution is 2.22. The first-order chi connectivity index (χ1) is 8.20. The van der Waals surface area contributed by atoms with Gasteiger partial charge in [0.2, 0.25) is 5.91 Å². The Labute approximate surface area is 101 Å². The first kappa shape index (κ1) is 12.1. The number of nitrogens with one attached hydrogen (secondary N) is 1. The molecule has 1 aromatic rings. The van der Waals surface area contributed by atoms with Gasteiger partial charge in [-0.1, -0.05) is 6.92 Å². The summed E-state index contributed by atoms with van der Waals surface area (Å²) in [6.07, 6.45) is 4.16. The molecule has 1 fully saturated rings. The van der Waals surface area contributed by atoms with Crippen LogP contribution in [0.1, 0.15) is 25.5 Å². The molecule has 1 aliphatic rings. The van der Waals surface area contributed by atoms with Crippen molar-refractivity contribution in [1.82, 2.24) is 15.1 Å². The molecule has 94 valence electrons. The maximum atomic E-state index is 12.2. The zero-order valence-electron chi connectivity index (χ0n) is 10.2. The fraction of sp³-hybridized carbons (Fsp3) is 0.667. The zero-order valence-corrected chi connectivity index (χ0v) is 10.2. The van der Waals surface area contributed by atoms with E-state index in [4.69, 9.17) is 5.73 Å². The van der Waals surface area contributed by atoms with Gasteiger partial charge in [0, 0.05) is 31.0 Å². The van der Waals surface area contributed by atoms with Gasteiger partial charge >= 0.3 is 0 Å². The van der Waals surface area contributed by atoms with Crippen LogP contribution in [0.15, 0.2) is 12.3 Å². The predicted octanol–water partition coefficient (Wildman–Crippen LogP) is 0.538. The molecule has 2 unspecified atom stereocenters. The highest BCUT2D eigenvalue weighted by molar-refractivity contribution is 5.78. The lowest BCUT2D eigenvalue weighted by Gasteiger charge is -2.38. The third-order valence-electron chi connectivity index (χ3n) is 3.47. The molecular formula is C12H20N4O. The number of carbonyl (C=O) groups excluding carboxylic acids is 1. The van der Waals surface area contributed by atoms with Crippen molar-refractivity contribution in [1.29, 1.82) is 0 Å². The molecular weight excluding hydrogens is 216 g/mol. The molecule has 2 rings (SSSR count). The number of aromatic nitrogens is 2. The summed E-state index contributed by atoms with van der Waals surface area (Å²) >= 11 is 0. The topological polar surface area (TPSA) is 75.0 Å². The van der Waals surface area contributed by atoms with Gasteiger partial charge < -0.3 is 10.6 Å². The number of hydrogen-bond acceptors (Lipinski definition) is 3. The Balaban J connectivity index is 1.98. The highest BCUT2D eigenvalue weighted by Gasteiger charge is 2.28. The van der Waals surface area contributed by atoms with Crippen molar-refractivity contribution >= 4 is 5.91 Å². The van der Waals surface area contributed by atoms with Gasteiger partial charge in [-0.3, -0.25) is 9.89 Å². The van der Waals surface area contributed by atoms with Gasteiger partial charge in [-0.25, -0.2) is 0 Å². The summed E-state index contributed by atoms with van der Waals surface area (Å²) in [5.74, 6) is 0.816. The average Bonchev–Trinajstić information content (AvgIpc) is 2.81. The second-order valence-corrected chi connectivity index (χ2v) is 4.86. The summed E-state index contributed by atoms with van der Waals surface area (Å²) < 4.78 is 0. The minimum Gasteiger partial charge on any atom is -0.338 e. The number of rotatable bonds is 3. The third kappa shape index (κ3) is 2.85. The van der Waals surface area contributed by atoms with Crippen LogP contribution in [0.5, 0.6) is 0 Å². The van der Waals surface area contributed by atoms with Crippen molar-refractivity contribution in [3.63, 3.8) is 0 Å². The first-order valence-electron chi connectivity index (χ1n) is 6.18. The molecule has 17 heavy (non-hydrogen) atoms. The number of nitrogens with two attached hydrogens (primary N) is 1. The SMILES string of the molecule is CC1CCN(C(=O)Cc2ccn[nH]2)C(CN)C1. The van der Waals surface area contributed by atoms with E-state index in [0.717, 1.165) is 25.1 Å². The zero-order chi connectivity index (χ0) is 12.3. The smallest absolute Gasteiger partial charge is 0.228 e. The molecule has 1 amide bonds. The second kappa shape index (κ2) is 5.31. The van der Waals surface area contributed by atoms with Crippen molar-refractivity contribution in [2.75, 3.05) is 13.1 Å². The molecule has 0 aromatic carbocycles. The quantitative estimate of drug-likeness (QED) is 0.804. The monoisotopic (exact) mass is 236 g/mol. The Morgan fingerprint density at radius 2 is 2.53 bits per heavy atom. The number of nitrogens with zero attached hydrogens (tertiary/aromatic N) is 2. The average molecular weight is 236 g/mol. The van der Waals surface area contributed by atoms with Crippen molar-refractivity contribution in [3.05, 3.63) is 18.0 Å². The van der Waals surface area contributed by atoms with E-state index in [9.17, 15) is 4.79 Å². The molecule has 2 heterocycles. The van der Waals surface area contributed by atoms with Crippen LogP contribution in [0.3, 0.4) is 0 Å². The van der Waals surface area contributed by atoms with Crippen molar-refractivity contribution in [3.8, 4) is 0 Å². The highest BCUT2D eigenvalue weighted by atomic mass is 16.2. The summed E-state index contributed by atoms with van der Waals surface area (Å²) in [4.78, 5) is 14.1. The Kier molecular flexibility index (Phi) is 3.78. The number of piperidine rings is 1. The van der Waals surface area contributed by atoms with Crippen LogP contribution in [0.2, 0.25) is 0 Å². The molecule has 1 aromatic heterocycles. The van der Waals surface area contributed by atoms with Gasteiger partial charge in [-0.15, -0.1) is 0 Å². The molecule has 5 nitrogen and oxygen atoms in total. The van der Waals surface area contributed by atoms with E-state index in [1.807, 2.05) is 11.0 Å². The van der Waals surface area contributed by atoms with Crippen LogP contribution in [0.25, 0.3) is 0 Å². The van der Waals surface area contributed by atoms with E-state index >= 15 is 0 Å². The Bertz CT molecular complexity index is 363. The minimum absolute atomic E-state index is 0.150. The van der Waals surface area contributed by atoms with Gasteiger partial charge in [0.1, 0.15) is 0 Å². The lowest BCUT2D eigenvalue weighted by atomic mass is 9.92. The predicted molar refractivity (Wildman–Crippen MR) is 65.2 cm³/mol. The van der Waals surface area contributed by atoms with Crippen LogP contribution >= 0.6 is 0 Å². The van der Waals surface area contributed by atoms with Gasteiger partial charge in [0.05, 0.1) is 6.42 Å². The van der Waals surface area contributed by atoms with Crippen LogP contribution < -0.4 is 5.73 Å². The van der Waals surface area contributed by atoms with E-state index in [0.29, 0.717) is 18.9 Å². The number of H-pyrrole nitrogens is 1. The Hall–Kier alpha value is -1.36. The lowest BCUT2D eigenvalue weighted by Crippen LogP contribution is -2.49. The standard InChI is InChI=1S/C12H20N4O/c1-9-3-5-16(11(6-9)8-13)12(17)7-10-2-4-14-15-10/h2,4,9,11H,3,5-8,13H2,1H3,(H,14,15). The number of hydrogen-bond donors (Lipinski definition) is 2. The molecule has 0 saturated carbocycles. The third-order valence-corrected chi connectivity index (χ3v) is 3.47. The number of likely N-dealkylation sites (tertiary alicyclic amines) is 1. The molecule has 0 bridgehead atoms. The van der Waals surface area contributed by atoms with E-state index in [-0.39, 0.29) is 11.9 Å². The van der Waals surface area contributed by atoms with Gasteiger partial charge in [0.15, 0.2) is 0 Å². The van der Waals surface area contributed by atoms with Gasteiger partial charge in [-0.2, -0.15) is 5.10 Å². The normalized spacial score (nSPS) is 24.9. The summed E-state index contributed by atoms with van der Waals surface area (Å²) in [5, 5.41) is 6.67. The fourth-order valence-corrected chi connectivity index (χ4v) is 2.45. The van der Waals surface area contributed by atoms with Crippen molar-refractivity contribution < 1.29 is 4.79 Å². The van der Waals surface area contributed by atoms with Crippen LogP contribution in [-0.2, 0) is 11.2 Å². The fourth-order valence-electron chi connectivity index (χ4n) is 2.45. The van der Waals surface area contributed by atoms with Crippen molar-refractivity contribution in [2.45, 2.75) is 32.2 Å². The summed E-state index contributed by atoms with van der Waals surface area (Å²) in [7, 11) is 0. The number of carbonyl (C=O) groups is 1. The molecule has 0 aliphatic carbocycles. The molecule has 5 heteroatoms. The Morgan fingerprint density at radius 1 is 1.71 bits per heavy atom. The molecule has 1 saturated heterocycles. The summed E-state index contributed by atoms with van der Waals surface area (Å²) in [6.45, 7) is 3.61. The molecule has 3 N–H and O–H groups in total. The summed E-state index contributed by atoms with van der Waals surface area (Å²) in [5.41, 5.74) is 6.62. The van der Waals surface area contributed by atoms with Crippen molar-refractivity contribution in [2.24, 2.45) is 11.7 Å². The molecule has 0 spiro atoms. The lowest BCUT2D eigenvalue weighted by molar-refractivity contribution is -0.134. The number of aromatic amines is 1. The van der Waals surface area contributed by atoms with E-state index in [2.05, 4.69) is 17.1 Å². The minimum atomic E-state index is 0.150. The van der Waals surface area contributed by atoms with Gasteiger partial charge in [-0.05, 0) is 24.8 Å². The largest absolute Gasteiger partial charge is 0.338 e. The van der Waals surface area contributed by atoms with Gasteiger partial charge in [0.25, 0.3) is 0 Å². The Morgan fingerprint density at radius 3 is 3.18 bits per heavy atom. The second-order valence-electron chi connectivity index (χ2n) is 4.86. The van der Waals surface area contributed by atoms with Crippen LogP contribution in [0, 0.1) is 5.92 Å². The van der Waals surface area contributed by atoms with Crippen LogP contribution in [-0.4, -0.2) is 40.1 Å². The maximum absolute atomic E-state index is 12.2. The maximum Gasteiger partial charge on any atom is 0.228 e. The van der Waals surface area contributed by atoms with E-state index < -0.39 is 0 Å². The van der Waals surface area contributed by atoms with Crippen LogP contribution in [0.4, 0.5) is 0 Å². The summed E-state index contributed by atoms with van der Waals surface area (Å²) in [6, 6.07) is 2.04. The number of amides is 1. The molecule has 2 atom stereocenters.